The summed E-state index contributed by atoms with van der Waals surface area (Å²) in [6.45, 7) is 0. The molecule has 5 heteroatoms. The van der Waals surface area contributed by atoms with Crippen LogP contribution in [-0.2, 0) is 0 Å². The molecule has 0 N–H and O–H groups in total. The minimum absolute atomic E-state index is 0.787. The van der Waals surface area contributed by atoms with Gasteiger partial charge in [0, 0.05) is 61.6 Å². The van der Waals surface area contributed by atoms with E-state index in [0.29, 0.717) is 0 Å². The van der Waals surface area contributed by atoms with Crippen molar-refractivity contribution in [2.75, 3.05) is 4.90 Å². The molecule has 0 saturated heterocycles. The summed E-state index contributed by atoms with van der Waals surface area (Å²) in [6, 6.07) is 48.5. The average Bonchev–Trinajstić information content (AvgIpc) is 3.82. The summed E-state index contributed by atoms with van der Waals surface area (Å²) in [6.07, 6.45) is 1.82. The number of hydrogen-bond acceptors (Lipinski definition) is 5. The molecule has 0 aliphatic carbocycles. The topological polar surface area (TPSA) is 55.6 Å². The number of pyridine rings is 1. The molecule has 0 atom stereocenters. The molecule has 48 heavy (non-hydrogen) atoms. The van der Waals surface area contributed by atoms with Crippen LogP contribution in [0.15, 0.2) is 159 Å². The van der Waals surface area contributed by atoms with Gasteiger partial charge in [0.25, 0.3) is 0 Å². The van der Waals surface area contributed by atoms with Gasteiger partial charge in [0.2, 0.25) is 0 Å². The van der Waals surface area contributed by atoms with Crippen LogP contribution in [0.1, 0.15) is 0 Å². The van der Waals surface area contributed by atoms with E-state index < -0.39 is 0 Å². The molecule has 11 rings (SSSR count). The number of anilines is 3. The van der Waals surface area contributed by atoms with Crippen LogP contribution in [-0.4, -0.2) is 4.98 Å². The van der Waals surface area contributed by atoms with Crippen LogP contribution in [0.25, 0.3) is 87.5 Å². The molecule has 0 aliphatic heterocycles. The van der Waals surface area contributed by atoms with Crippen LogP contribution in [0.2, 0.25) is 0 Å². The van der Waals surface area contributed by atoms with E-state index in [1.165, 1.54) is 0 Å². The van der Waals surface area contributed by atoms with E-state index in [4.69, 9.17) is 13.3 Å². The second-order valence-corrected chi connectivity index (χ2v) is 12.4. The second kappa shape index (κ2) is 9.47. The molecular formula is C43H24N2O3. The lowest BCUT2D eigenvalue weighted by atomic mass is 9.99. The summed E-state index contributed by atoms with van der Waals surface area (Å²) < 4.78 is 19.1. The van der Waals surface area contributed by atoms with Crippen LogP contribution in [0, 0.1) is 0 Å². The fraction of sp³-hybridized carbons (Fsp3) is 0. The highest BCUT2D eigenvalue weighted by Gasteiger charge is 2.19. The van der Waals surface area contributed by atoms with Crippen molar-refractivity contribution in [2.24, 2.45) is 0 Å². The van der Waals surface area contributed by atoms with Gasteiger partial charge in [-0.15, -0.1) is 0 Å². The molecule has 0 fully saturated rings. The summed E-state index contributed by atoms with van der Waals surface area (Å²) in [5, 5.41) is 9.82. The normalized spacial score (nSPS) is 12.2. The first kappa shape index (κ1) is 25.6. The first-order chi connectivity index (χ1) is 23.8. The fourth-order valence-electron chi connectivity index (χ4n) is 7.47. The third kappa shape index (κ3) is 3.58. The van der Waals surface area contributed by atoms with Gasteiger partial charge >= 0.3 is 0 Å². The first-order valence-corrected chi connectivity index (χ1v) is 16.0. The molecule has 0 saturated carbocycles. The van der Waals surface area contributed by atoms with Crippen molar-refractivity contribution >= 4 is 105 Å². The average molecular weight is 617 g/mol. The minimum atomic E-state index is 0.787. The Morgan fingerprint density at radius 2 is 0.979 bits per heavy atom. The maximum absolute atomic E-state index is 6.50. The van der Waals surface area contributed by atoms with E-state index in [0.717, 1.165) is 105 Å². The molecule has 224 valence electrons. The third-order valence-electron chi connectivity index (χ3n) is 9.67. The second-order valence-electron chi connectivity index (χ2n) is 12.4. The minimum Gasteiger partial charge on any atom is -0.456 e. The molecule has 4 heterocycles. The monoisotopic (exact) mass is 616 g/mol. The van der Waals surface area contributed by atoms with Gasteiger partial charge in [-0.2, -0.15) is 0 Å². The number of nitrogens with zero attached hydrogens (tertiary/aromatic N) is 2. The first-order valence-electron chi connectivity index (χ1n) is 16.0. The lowest BCUT2D eigenvalue weighted by molar-refractivity contribution is 0.668. The maximum Gasteiger partial charge on any atom is 0.153 e. The van der Waals surface area contributed by atoms with E-state index in [1.807, 2.05) is 42.6 Å². The Bertz CT molecular complexity index is 3090. The smallest absolute Gasteiger partial charge is 0.153 e. The Morgan fingerprint density at radius 3 is 1.85 bits per heavy atom. The Balaban J connectivity index is 1.20. The van der Waals surface area contributed by atoms with Gasteiger partial charge in [-0.3, -0.25) is 4.98 Å². The van der Waals surface area contributed by atoms with Gasteiger partial charge < -0.3 is 18.2 Å². The van der Waals surface area contributed by atoms with Gasteiger partial charge in [0.1, 0.15) is 33.4 Å². The van der Waals surface area contributed by atoms with Crippen molar-refractivity contribution < 1.29 is 13.3 Å². The lowest BCUT2D eigenvalue weighted by Crippen LogP contribution is -2.09. The Kier molecular flexibility index (Phi) is 5.05. The van der Waals surface area contributed by atoms with E-state index in [2.05, 4.69) is 113 Å². The molecule has 7 aromatic carbocycles. The van der Waals surface area contributed by atoms with E-state index >= 15 is 0 Å². The quantitative estimate of drug-likeness (QED) is 0.185. The number of rotatable bonds is 3. The molecule has 0 aliphatic rings. The number of para-hydroxylation sites is 2. The van der Waals surface area contributed by atoms with Crippen molar-refractivity contribution in [3.05, 3.63) is 146 Å². The zero-order valence-electron chi connectivity index (χ0n) is 25.5. The van der Waals surface area contributed by atoms with E-state index in [1.54, 1.807) is 0 Å². The summed E-state index contributed by atoms with van der Waals surface area (Å²) in [5.74, 6) is 0. The molecule has 5 nitrogen and oxygen atoms in total. The largest absolute Gasteiger partial charge is 0.456 e. The van der Waals surface area contributed by atoms with Crippen molar-refractivity contribution in [3.8, 4) is 0 Å². The Labute approximate surface area is 272 Å². The zero-order valence-corrected chi connectivity index (χ0v) is 25.5. The van der Waals surface area contributed by atoms with Crippen LogP contribution in [0.5, 0.6) is 0 Å². The molecule has 4 aromatic heterocycles. The summed E-state index contributed by atoms with van der Waals surface area (Å²) in [7, 11) is 0. The molecule has 0 unspecified atom stereocenters. The predicted octanol–water partition coefficient (Wildman–Crippen LogP) is 12.6. The number of furan rings is 3. The van der Waals surface area contributed by atoms with Crippen molar-refractivity contribution in [1.29, 1.82) is 0 Å². The van der Waals surface area contributed by atoms with Crippen LogP contribution in [0.4, 0.5) is 17.1 Å². The van der Waals surface area contributed by atoms with Gasteiger partial charge in [-0.25, -0.2) is 0 Å². The zero-order chi connectivity index (χ0) is 31.3. The number of fused-ring (bicyclic) bond motifs is 13. The summed E-state index contributed by atoms with van der Waals surface area (Å²) in [4.78, 5) is 6.94. The van der Waals surface area contributed by atoms with Gasteiger partial charge in [-0.05, 0) is 89.0 Å². The predicted molar refractivity (Wildman–Crippen MR) is 196 cm³/mol. The highest BCUT2D eigenvalue weighted by atomic mass is 16.3. The molecule has 11 aromatic rings. The number of benzene rings is 7. The fourth-order valence-corrected chi connectivity index (χ4v) is 7.47. The summed E-state index contributed by atoms with van der Waals surface area (Å²) in [5.41, 5.74) is 9.00. The summed E-state index contributed by atoms with van der Waals surface area (Å²) >= 11 is 0. The van der Waals surface area contributed by atoms with Crippen molar-refractivity contribution in [1.82, 2.24) is 4.98 Å². The molecule has 0 bridgehead atoms. The third-order valence-corrected chi connectivity index (χ3v) is 9.67. The number of hydrogen-bond donors (Lipinski definition) is 0. The molecular weight excluding hydrogens is 592 g/mol. The number of aromatic nitrogens is 1. The van der Waals surface area contributed by atoms with Gasteiger partial charge in [0.05, 0.1) is 0 Å². The van der Waals surface area contributed by atoms with Crippen molar-refractivity contribution in [2.45, 2.75) is 0 Å². The maximum atomic E-state index is 6.50. The Morgan fingerprint density at radius 1 is 0.396 bits per heavy atom. The van der Waals surface area contributed by atoms with Crippen molar-refractivity contribution in [3.63, 3.8) is 0 Å². The molecule has 0 spiro atoms. The lowest BCUT2D eigenvalue weighted by Gasteiger charge is -2.26. The standard InChI is InChI=1S/C43H24N2O3/c1-3-8-36-30(6-1)32-19-16-29(24-40(32)47-36)45(28-17-20-38-35(23-28)31-7-2-4-9-37(31)46-38)27-15-13-25-11-12-26-14-18-33-42-39(10-5-21-44-42)48-43(33)41(26)34(25)22-27/h1-24H. The van der Waals surface area contributed by atoms with E-state index in [9.17, 15) is 0 Å². The molecule has 0 amide bonds. The van der Waals surface area contributed by atoms with Crippen LogP contribution in [0.3, 0.4) is 0 Å². The van der Waals surface area contributed by atoms with E-state index in [-0.39, 0.29) is 0 Å². The van der Waals surface area contributed by atoms with Gasteiger partial charge in [-0.1, -0.05) is 60.7 Å². The highest BCUT2D eigenvalue weighted by molar-refractivity contribution is 6.23. The Hall–Kier alpha value is -6.59. The van der Waals surface area contributed by atoms with Crippen LogP contribution >= 0.6 is 0 Å². The SMILES string of the molecule is c1ccc2c(c1)oc1cc(N(c3ccc4oc5ccccc5c4c3)c3ccc4ccc5ccc6c7ncccc7oc6c5c4c3)ccc12. The highest BCUT2D eigenvalue weighted by Crippen LogP contribution is 2.43. The van der Waals surface area contributed by atoms with Crippen LogP contribution < -0.4 is 4.90 Å². The van der Waals surface area contributed by atoms with Gasteiger partial charge in [0.15, 0.2) is 5.58 Å². The molecule has 0 radical (unpaired) electrons.